The first-order valence-corrected chi connectivity index (χ1v) is 10.5. The highest BCUT2D eigenvalue weighted by Gasteiger charge is 2.29. The topological polar surface area (TPSA) is 53.4 Å². The van der Waals surface area contributed by atoms with E-state index in [1.54, 1.807) is 11.3 Å². The van der Waals surface area contributed by atoms with Gasteiger partial charge in [-0.15, -0.1) is 11.3 Å². The number of likely N-dealkylation sites (tertiary alicyclic amines) is 1. The van der Waals surface area contributed by atoms with Crippen molar-refractivity contribution in [3.63, 3.8) is 0 Å². The second-order valence-electron chi connectivity index (χ2n) is 6.54. The van der Waals surface area contributed by atoms with Gasteiger partial charge in [0.25, 0.3) is 5.91 Å². The molecule has 6 heteroatoms. The lowest BCUT2D eigenvalue weighted by molar-refractivity contribution is 0.0459. The molecule has 1 aliphatic heterocycles. The molecule has 3 heterocycles. The van der Waals surface area contributed by atoms with Crippen molar-refractivity contribution in [2.45, 2.75) is 18.9 Å². The molecule has 1 amide bonds. The van der Waals surface area contributed by atoms with E-state index in [4.69, 9.17) is 0 Å². The van der Waals surface area contributed by atoms with Gasteiger partial charge in [0.05, 0.1) is 6.10 Å². The summed E-state index contributed by atoms with van der Waals surface area (Å²) in [5, 5.41) is 17.4. The van der Waals surface area contributed by atoms with Crippen molar-refractivity contribution < 1.29 is 9.90 Å². The Labute approximate surface area is 160 Å². The molecule has 0 bridgehead atoms. The highest BCUT2D eigenvalue weighted by molar-refractivity contribution is 7.14. The van der Waals surface area contributed by atoms with E-state index >= 15 is 0 Å². The molecule has 1 aliphatic rings. The Kier molecular flexibility index (Phi) is 5.15. The Bertz CT molecular complexity index is 853. The van der Waals surface area contributed by atoms with E-state index < -0.39 is 6.10 Å². The van der Waals surface area contributed by atoms with E-state index in [1.165, 1.54) is 11.3 Å². The standard InChI is InChI=1S/C20H20N2O2S2/c23-18(14-4-2-1-3-5-14)15-6-9-22(10-7-15)20(24)17-13-26-19(21-17)16-8-11-25-12-16/h1-5,8,11-13,15,18,23H,6-7,9-10H2. The lowest BCUT2D eigenvalue weighted by atomic mass is 9.87. The number of nitrogens with zero attached hydrogens (tertiary/aromatic N) is 2. The van der Waals surface area contributed by atoms with E-state index in [9.17, 15) is 9.90 Å². The molecular weight excluding hydrogens is 364 g/mol. The molecule has 1 aromatic carbocycles. The van der Waals surface area contributed by atoms with Gasteiger partial charge in [-0.05, 0) is 35.8 Å². The monoisotopic (exact) mass is 384 g/mol. The predicted molar refractivity (Wildman–Crippen MR) is 105 cm³/mol. The highest BCUT2D eigenvalue weighted by atomic mass is 32.1. The molecule has 0 saturated carbocycles. The summed E-state index contributed by atoms with van der Waals surface area (Å²) in [4.78, 5) is 19.1. The lowest BCUT2D eigenvalue weighted by Crippen LogP contribution is -2.39. The molecule has 0 aliphatic carbocycles. The molecule has 1 N–H and O–H groups in total. The van der Waals surface area contributed by atoms with E-state index in [0.717, 1.165) is 29.0 Å². The number of piperidine rings is 1. The number of amides is 1. The molecule has 1 saturated heterocycles. The van der Waals surface area contributed by atoms with Gasteiger partial charge < -0.3 is 10.0 Å². The molecule has 0 spiro atoms. The number of hydrogen-bond acceptors (Lipinski definition) is 5. The Morgan fingerprint density at radius 1 is 1.15 bits per heavy atom. The van der Waals surface area contributed by atoms with E-state index in [2.05, 4.69) is 4.98 Å². The first-order chi connectivity index (χ1) is 12.7. The maximum atomic E-state index is 12.7. The third kappa shape index (κ3) is 3.58. The van der Waals surface area contributed by atoms with Crippen LogP contribution >= 0.6 is 22.7 Å². The average Bonchev–Trinajstić information content (AvgIpc) is 3.39. The third-order valence-electron chi connectivity index (χ3n) is 4.91. The summed E-state index contributed by atoms with van der Waals surface area (Å²) in [6.45, 7) is 1.33. The van der Waals surface area contributed by atoms with Crippen molar-refractivity contribution in [1.82, 2.24) is 9.88 Å². The van der Waals surface area contributed by atoms with Gasteiger partial charge in [0, 0.05) is 29.4 Å². The summed E-state index contributed by atoms with van der Waals surface area (Å²) in [5.41, 5.74) is 2.55. The van der Waals surface area contributed by atoms with Crippen molar-refractivity contribution >= 4 is 28.6 Å². The minimum Gasteiger partial charge on any atom is -0.388 e. The summed E-state index contributed by atoms with van der Waals surface area (Å²) in [5.74, 6) is 0.189. The Balaban J connectivity index is 1.38. The first kappa shape index (κ1) is 17.4. The second kappa shape index (κ2) is 7.70. The SMILES string of the molecule is O=C(c1csc(-c2ccsc2)n1)N1CCC(C(O)c2ccccc2)CC1. The van der Waals surface area contributed by atoms with Crippen molar-refractivity contribution in [3.8, 4) is 10.6 Å². The molecule has 134 valence electrons. The second-order valence-corrected chi connectivity index (χ2v) is 8.17. The number of aliphatic hydroxyl groups excluding tert-OH is 1. The Hall–Kier alpha value is -2.02. The number of benzene rings is 1. The number of aromatic nitrogens is 1. The molecule has 26 heavy (non-hydrogen) atoms. The van der Waals surface area contributed by atoms with Crippen LogP contribution in [-0.4, -0.2) is 34.0 Å². The van der Waals surface area contributed by atoms with E-state index in [0.29, 0.717) is 18.8 Å². The van der Waals surface area contributed by atoms with Crippen molar-refractivity contribution in [1.29, 1.82) is 0 Å². The van der Waals surface area contributed by atoms with Crippen molar-refractivity contribution in [2.75, 3.05) is 13.1 Å². The molecule has 1 atom stereocenters. The Morgan fingerprint density at radius 3 is 2.62 bits per heavy atom. The van der Waals surface area contributed by atoms with Crippen LogP contribution in [0.3, 0.4) is 0 Å². The largest absolute Gasteiger partial charge is 0.388 e. The van der Waals surface area contributed by atoms with Gasteiger partial charge in [-0.3, -0.25) is 4.79 Å². The highest BCUT2D eigenvalue weighted by Crippen LogP contribution is 2.31. The van der Waals surface area contributed by atoms with Crippen LogP contribution < -0.4 is 0 Å². The summed E-state index contributed by atoms with van der Waals surface area (Å²) >= 11 is 3.14. The normalized spacial score (nSPS) is 16.6. The number of thiazole rings is 1. The van der Waals surface area contributed by atoms with Crippen molar-refractivity contribution in [3.05, 3.63) is 63.8 Å². The zero-order chi connectivity index (χ0) is 17.9. The molecule has 1 fully saturated rings. The van der Waals surface area contributed by atoms with E-state index in [1.807, 2.05) is 57.4 Å². The van der Waals surface area contributed by atoms with E-state index in [-0.39, 0.29) is 11.8 Å². The van der Waals surface area contributed by atoms with Crippen LogP contribution in [0.1, 0.15) is 35.0 Å². The number of hydrogen-bond donors (Lipinski definition) is 1. The molecule has 4 rings (SSSR count). The minimum atomic E-state index is -0.460. The van der Waals surface area contributed by atoms with Crippen LogP contribution in [0.25, 0.3) is 10.6 Å². The molecule has 1 unspecified atom stereocenters. The molecule has 4 nitrogen and oxygen atoms in total. The fourth-order valence-electron chi connectivity index (χ4n) is 3.39. The molecule has 2 aromatic heterocycles. The van der Waals surface area contributed by atoms with Gasteiger partial charge in [-0.25, -0.2) is 4.98 Å². The van der Waals surface area contributed by atoms with Gasteiger partial charge in [0.2, 0.25) is 0 Å². The minimum absolute atomic E-state index is 0.00428. The zero-order valence-electron chi connectivity index (χ0n) is 14.2. The maximum absolute atomic E-state index is 12.7. The number of carbonyl (C=O) groups excluding carboxylic acids is 1. The predicted octanol–water partition coefficient (Wildman–Crippen LogP) is 4.46. The van der Waals surface area contributed by atoms with Crippen LogP contribution in [0.15, 0.2) is 52.5 Å². The average molecular weight is 385 g/mol. The molecule has 3 aromatic rings. The lowest BCUT2D eigenvalue weighted by Gasteiger charge is -2.34. The van der Waals surface area contributed by atoms with Crippen LogP contribution in [0, 0.1) is 5.92 Å². The number of rotatable bonds is 4. The molecule has 0 radical (unpaired) electrons. The fraction of sp³-hybridized carbons (Fsp3) is 0.300. The summed E-state index contributed by atoms with van der Waals surface area (Å²) in [7, 11) is 0. The van der Waals surface area contributed by atoms with Gasteiger partial charge >= 0.3 is 0 Å². The van der Waals surface area contributed by atoms with Gasteiger partial charge in [-0.2, -0.15) is 11.3 Å². The third-order valence-corrected chi connectivity index (χ3v) is 6.48. The van der Waals surface area contributed by atoms with Gasteiger partial charge in [0.1, 0.15) is 10.7 Å². The van der Waals surface area contributed by atoms with Crippen LogP contribution in [0.4, 0.5) is 0 Å². The first-order valence-electron chi connectivity index (χ1n) is 8.73. The fourth-order valence-corrected chi connectivity index (χ4v) is 4.90. The van der Waals surface area contributed by atoms with Gasteiger partial charge in [0.15, 0.2) is 0 Å². The zero-order valence-corrected chi connectivity index (χ0v) is 15.9. The number of aliphatic hydroxyl groups is 1. The summed E-state index contributed by atoms with van der Waals surface area (Å²) in [6.07, 6.45) is 1.16. The van der Waals surface area contributed by atoms with Crippen LogP contribution in [0.5, 0.6) is 0 Å². The van der Waals surface area contributed by atoms with Gasteiger partial charge in [-0.1, -0.05) is 30.3 Å². The smallest absolute Gasteiger partial charge is 0.273 e. The quantitative estimate of drug-likeness (QED) is 0.723. The summed E-state index contributed by atoms with van der Waals surface area (Å²) in [6, 6.07) is 11.8. The van der Waals surface area contributed by atoms with Crippen molar-refractivity contribution in [2.24, 2.45) is 5.92 Å². The Morgan fingerprint density at radius 2 is 1.92 bits per heavy atom. The number of carbonyl (C=O) groups is 1. The van der Waals surface area contributed by atoms with Crippen LogP contribution in [-0.2, 0) is 0 Å². The van der Waals surface area contributed by atoms with Crippen LogP contribution in [0.2, 0.25) is 0 Å². The maximum Gasteiger partial charge on any atom is 0.273 e. The molecular formula is C20H20N2O2S2. The summed E-state index contributed by atoms with van der Waals surface area (Å²) < 4.78 is 0. The number of thiophene rings is 1.